The maximum absolute atomic E-state index is 12.0. The van der Waals surface area contributed by atoms with Crippen molar-refractivity contribution in [3.8, 4) is 0 Å². The van der Waals surface area contributed by atoms with Crippen LogP contribution in [0.4, 0.5) is 0 Å². The minimum Gasteiger partial charge on any atom is -0.341 e. The number of nitrogens with one attached hydrogen (secondary N) is 1. The highest BCUT2D eigenvalue weighted by molar-refractivity contribution is 5.85. The molecule has 1 heterocycles. The van der Waals surface area contributed by atoms with Crippen molar-refractivity contribution in [3.05, 3.63) is 0 Å². The van der Waals surface area contributed by atoms with Gasteiger partial charge in [-0.15, -0.1) is 12.4 Å². The van der Waals surface area contributed by atoms with Crippen LogP contribution in [0, 0.1) is 5.92 Å². The van der Waals surface area contributed by atoms with E-state index in [-0.39, 0.29) is 12.4 Å². The summed E-state index contributed by atoms with van der Waals surface area (Å²) in [5, 5.41) is 3.30. The second kappa shape index (κ2) is 7.91. The van der Waals surface area contributed by atoms with Crippen molar-refractivity contribution >= 4 is 18.3 Å². The van der Waals surface area contributed by atoms with Crippen LogP contribution in [0.5, 0.6) is 0 Å². The fraction of sp³-hybridized carbons (Fsp3) is 0.917. The van der Waals surface area contributed by atoms with Crippen LogP contribution in [0.25, 0.3) is 0 Å². The molecule has 1 fully saturated rings. The molecule has 16 heavy (non-hydrogen) atoms. The van der Waals surface area contributed by atoms with Crippen molar-refractivity contribution in [3.63, 3.8) is 0 Å². The Morgan fingerprint density at radius 1 is 1.44 bits per heavy atom. The average Bonchev–Trinajstić information content (AvgIpc) is 2.77. The van der Waals surface area contributed by atoms with E-state index in [1.165, 1.54) is 0 Å². The molecule has 1 aliphatic rings. The Kier molecular flexibility index (Phi) is 7.77. The maximum Gasteiger partial charge on any atom is 0.222 e. The Balaban J connectivity index is 0.00000225. The first-order chi connectivity index (χ1) is 7.19. The summed E-state index contributed by atoms with van der Waals surface area (Å²) in [6.07, 6.45) is 4.04. The highest BCUT2D eigenvalue weighted by atomic mass is 35.5. The molecule has 1 unspecified atom stereocenters. The van der Waals surface area contributed by atoms with E-state index in [0.717, 1.165) is 38.8 Å². The molecule has 4 heteroatoms. The van der Waals surface area contributed by atoms with E-state index in [9.17, 15) is 4.79 Å². The molecule has 1 rings (SSSR count). The number of halogens is 1. The molecule has 1 saturated heterocycles. The number of rotatable bonds is 5. The summed E-state index contributed by atoms with van der Waals surface area (Å²) in [7, 11) is 1.95. The number of hydrogen-bond acceptors (Lipinski definition) is 2. The fourth-order valence-corrected chi connectivity index (χ4v) is 2.14. The SMILES string of the molecule is CCC(CC)CC(=O)N(C)C1CCNC1.Cl. The van der Waals surface area contributed by atoms with Gasteiger partial charge in [-0.25, -0.2) is 0 Å². The Morgan fingerprint density at radius 2 is 2.06 bits per heavy atom. The van der Waals surface area contributed by atoms with Crippen LogP contribution in [-0.4, -0.2) is 37.0 Å². The molecule has 96 valence electrons. The molecule has 1 amide bonds. The molecule has 0 radical (unpaired) electrons. The molecule has 0 aromatic rings. The lowest BCUT2D eigenvalue weighted by Crippen LogP contribution is -2.39. The van der Waals surface area contributed by atoms with E-state index < -0.39 is 0 Å². The predicted octanol–water partition coefficient (Wildman–Crippen LogP) is 2.05. The van der Waals surface area contributed by atoms with E-state index in [1.54, 1.807) is 0 Å². The monoisotopic (exact) mass is 248 g/mol. The Hall–Kier alpha value is -0.280. The molecule has 0 aliphatic carbocycles. The molecule has 1 aliphatic heterocycles. The number of nitrogens with zero attached hydrogens (tertiary/aromatic N) is 1. The van der Waals surface area contributed by atoms with Crippen molar-refractivity contribution in [1.82, 2.24) is 10.2 Å². The van der Waals surface area contributed by atoms with E-state index in [1.807, 2.05) is 11.9 Å². The first-order valence-electron chi connectivity index (χ1n) is 6.15. The second-order valence-corrected chi connectivity index (χ2v) is 4.54. The molecule has 0 bridgehead atoms. The number of hydrogen-bond donors (Lipinski definition) is 1. The standard InChI is InChI=1S/C12H24N2O.ClH/c1-4-10(5-2)8-12(15)14(3)11-6-7-13-9-11;/h10-11,13H,4-9H2,1-3H3;1H. The summed E-state index contributed by atoms with van der Waals surface area (Å²) in [5.74, 6) is 0.881. The maximum atomic E-state index is 12.0. The number of carbonyl (C=O) groups excluding carboxylic acids is 1. The predicted molar refractivity (Wildman–Crippen MR) is 70.0 cm³/mol. The van der Waals surface area contributed by atoms with Gasteiger partial charge in [0.05, 0.1) is 0 Å². The molecule has 0 spiro atoms. The van der Waals surface area contributed by atoms with E-state index in [4.69, 9.17) is 0 Å². The van der Waals surface area contributed by atoms with Crippen molar-refractivity contribution < 1.29 is 4.79 Å². The number of likely N-dealkylation sites (N-methyl/N-ethyl adjacent to an activating group) is 1. The molecule has 1 atom stereocenters. The third-order valence-electron chi connectivity index (χ3n) is 3.59. The van der Waals surface area contributed by atoms with Crippen molar-refractivity contribution in [2.75, 3.05) is 20.1 Å². The van der Waals surface area contributed by atoms with Gasteiger partial charge in [0.2, 0.25) is 5.91 Å². The Bertz CT molecular complexity index is 201. The van der Waals surface area contributed by atoms with Crippen LogP contribution in [0.2, 0.25) is 0 Å². The Morgan fingerprint density at radius 3 is 2.50 bits per heavy atom. The summed E-state index contributed by atoms with van der Waals surface area (Å²) in [5.41, 5.74) is 0. The van der Waals surface area contributed by atoms with Gasteiger partial charge in [-0.1, -0.05) is 26.7 Å². The minimum atomic E-state index is 0. The van der Waals surface area contributed by atoms with E-state index in [2.05, 4.69) is 19.2 Å². The minimum absolute atomic E-state index is 0. The zero-order valence-corrected chi connectivity index (χ0v) is 11.5. The van der Waals surface area contributed by atoms with Crippen LogP contribution in [0.15, 0.2) is 0 Å². The molecular formula is C12H25ClN2O. The van der Waals surface area contributed by atoms with Gasteiger partial charge in [-0.3, -0.25) is 4.79 Å². The number of carbonyl (C=O) groups is 1. The highest BCUT2D eigenvalue weighted by Gasteiger charge is 2.24. The molecular weight excluding hydrogens is 224 g/mol. The normalized spacial score (nSPS) is 19.6. The van der Waals surface area contributed by atoms with Gasteiger partial charge in [-0.2, -0.15) is 0 Å². The van der Waals surface area contributed by atoms with Crippen LogP contribution in [0.1, 0.15) is 39.5 Å². The van der Waals surface area contributed by atoms with Crippen molar-refractivity contribution in [2.24, 2.45) is 5.92 Å². The van der Waals surface area contributed by atoms with Gasteiger partial charge < -0.3 is 10.2 Å². The van der Waals surface area contributed by atoms with Crippen molar-refractivity contribution in [1.29, 1.82) is 0 Å². The van der Waals surface area contributed by atoms with Crippen LogP contribution in [-0.2, 0) is 4.79 Å². The van der Waals surface area contributed by atoms with Gasteiger partial charge in [0.1, 0.15) is 0 Å². The molecule has 0 aromatic heterocycles. The summed E-state index contributed by atoms with van der Waals surface area (Å²) in [6.45, 7) is 6.34. The lowest BCUT2D eigenvalue weighted by atomic mass is 9.98. The van der Waals surface area contributed by atoms with Gasteiger partial charge in [-0.05, 0) is 18.9 Å². The first kappa shape index (κ1) is 15.7. The fourth-order valence-electron chi connectivity index (χ4n) is 2.14. The second-order valence-electron chi connectivity index (χ2n) is 4.54. The quantitative estimate of drug-likeness (QED) is 0.808. The van der Waals surface area contributed by atoms with Crippen LogP contribution >= 0.6 is 12.4 Å². The van der Waals surface area contributed by atoms with Crippen LogP contribution < -0.4 is 5.32 Å². The van der Waals surface area contributed by atoms with Crippen molar-refractivity contribution in [2.45, 2.75) is 45.6 Å². The van der Waals surface area contributed by atoms with Gasteiger partial charge in [0, 0.05) is 26.1 Å². The zero-order valence-electron chi connectivity index (χ0n) is 10.7. The first-order valence-corrected chi connectivity index (χ1v) is 6.15. The number of amides is 1. The topological polar surface area (TPSA) is 32.3 Å². The largest absolute Gasteiger partial charge is 0.341 e. The molecule has 0 aromatic carbocycles. The molecule has 3 nitrogen and oxygen atoms in total. The zero-order chi connectivity index (χ0) is 11.3. The lowest BCUT2D eigenvalue weighted by molar-refractivity contribution is -0.132. The Labute approximate surface area is 105 Å². The summed E-state index contributed by atoms with van der Waals surface area (Å²) < 4.78 is 0. The van der Waals surface area contributed by atoms with E-state index in [0.29, 0.717) is 17.9 Å². The smallest absolute Gasteiger partial charge is 0.222 e. The average molecular weight is 249 g/mol. The van der Waals surface area contributed by atoms with E-state index >= 15 is 0 Å². The third kappa shape index (κ3) is 4.30. The molecule has 0 saturated carbocycles. The summed E-state index contributed by atoms with van der Waals surface area (Å²) in [6, 6.07) is 0.423. The van der Waals surface area contributed by atoms with Crippen LogP contribution in [0.3, 0.4) is 0 Å². The molecule has 1 N–H and O–H groups in total. The van der Waals surface area contributed by atoms with Gasteiger partial charge in [0.15, 0.2) is 0 Å². The van der Waals surface area contributed by atoms with Gasteiger partial charge >= 0.3 is 0 Å². The summed E-state index contributed by atoms with van der Waals surface area (Å²) >= 11 is 0. The lowest BCUT2D eigenvalue weighted by Gasteiger charge is -2.25. The third-order valence-corrected chi connectivity index (χ3v) is 3.59. The highest BCUT2D eigenvalue weighted by Crippen LogP contribution is 2.16. The summed E-state index contributed by atoms with van der Waals surface area (Å²) in [4.78, 5) is 13.9. The van der Waals surface area contributed by atoms with Gasteiger partial charge in [0.25, 0.3) is 0 Å².